The van der Waals surface area contributed by atoms with E-state index in [2.05, 4.69) is 159 Å². The van der Waals surface area contributed by atoms with Crippen LogP contribution >= 0.6 is 0 Å². The summed E-state index contributed by atoms with van der Waals surface area (Å²) in [6, 6.07) is 51.4. The van der Waals surface area contributed by atoms with E-state index in [9.17, 15) is 0 Å². The van der Waals surface area contributed by atoms with Crippen LogP contribution in [0.2, 0.25) is 0 Å². The van der Waals surface area contributed by atoms with Crippen molar-refractivity contribution in [1.29, 1.82) is 0 Å². The number of rotatable bonds is 7. The highest BCUT2D eigenvalue weighted by molar-refractivity contribution is 5.87. The lowest BCUT2D eigenvalue weighted by Gasteiger charge is -2.29. The molecule has 1 nitrogen and oxygen atoms in total. The fraction of sp³-hybridized carbons (Fsp3) is 0.308. The molecule has 0 spiro atoms. The van der Waals surface area contributed by atoms with E-state index in [1.807, 2.05) is 0 Å². The highest BCUT2D eigenvalue weighted by Gasteiger charge is 2.35. The zero-order chi connectivity index (χ0) is 35.9. The van der Waals surface area contributed by atoms with Crippen molar-refractivity contribution in [1.82, 2.24) is 0 Å². The molecule has 1 heteroatoms. The van der Waals surface area contributed by atoms with Crippen LogP contribution in [-0.2, 0) is 5.41 Å². The predicted octanol–water partition coefficient (Wildman–Crippen LogP) is 15.2. The Bertz CT molecular complexity index is 2230. The number of fused-ring (bicyclic) bond motifs is 3. The largest absolute Gasteiger partial charge is 0.310 e. The zero-order valence-corrected chi connectivity index (χ0v) is 31.9. The van der Waals surface area contributed by atoms with Crippen molar-refractivity contribution in [2.24, 2.45) is 0 Å². The van der Waals surface area contributed by atoms with Gasteiger partial charge in [-0.2, -0.15) is 0 Å². The predicted molar refractivity (Wildman–Crippen MR) is 226 cm³/mol. The third-order valence-electron chi connectivity index (χ3n) is 12.9. The van der Waals surface area contributed by atoms with Gasteiger partial charge in [-0.15, -0.1) is 0 Å². The number of benzene rings is 6. The maximum Gasteiger partial charge on any atom is 0.0470 e. The Morgan fingerprint density at radius 2 is 1.02 bits per heavy atom. The third kappa shape index (κ3) is 6.54. The molecule has 0 bridgehead atoms. The first-order chi connectivity index (χ1) is 25.9. The molecule has 2 fully saturated rings. The molecule has 9 rings (SSSR count). The summed E-state index contributed by atoms with van der Waals surface area (Å²) in [4.78, 5) is 2.49. The van der Waals surface area contributed by atoms with Gasteiger partial charge in [0.15, 0.2) is 0 Å². The van der Waals surface area contributed by atoms with Gasteiger partial charge in [0, 0.05) is 22.5 Å². The van der Waals surface area contributed by atoms with Crippen LogP contribution in [0.3, 0.4) is 0 Å². The highest BCUT2D eigenvalue weighted by atomic mass is 15.1. The standard InChI is InChI=1S/C52H53N/c1-36-31-44(43-18-12-17-42(33-43)41-23-21-39(22-24-41)37-13-6-4-7-14-37)34-47(32-36)53(45-27-25-40(26-28-45)38-15-8-5-9-16-38)46-29-30-49-48-19-10-11-20-50(48)52(2,3)51(49)35-46/h10-12,17-35,37-38H,4-9,13-16H2,1-3H3. The van der Waals surface area contributed by atoms with Gasteiger partial charge in [-0.05, 0) is 148 Å². The Labute approximate surface area is 317 Å². The first-order valence-corrected chi connectivity index (χ1v) is 20.4. The van der Waals surface area contributed by atoms with E-state index < -0.39 is 0 Å². The second kappa shape index (κ2) is 14.2. The van der Waals surface area contributed by atoms with E-state index in [0.717, 1.165) is 5.92 Å². The Morgan fingerprint density at radius 3 is 1.70 bits per heavy atom. The Morgan fingerprint density at radius 1 is 0.434 bits per heavy atom. The minimum atomic E-state index is -0.0642. The molecule has 3 aliphatic carbocycles. The van der Waals surface area contributed by atoms with Crippen LogP contribution in [-0.4, -0.2) is 0 Å². The Kier molecular flexibility index (Phi) is 9.07. The minimum Gasteiger partial charge on any atom is -0.310 e. The summed E-state index contributed by atoms with van der Waals surface area (Å²) in [6.45, 7) is 7.01. The van der Waals surface area contributed by atoms with E-state index in [-0.39, 0.29) is 5.41 Å². The average Bonchev–Trinajstić information content (AvgIpc) is 3.44. The van der Waals surface area contributed by atoms with Crippen molar-refractivity contribution in [2.75, 3.05) is 4.90 Å². The number of hydrogen-bond donors (Lipinski definition) is 0. The summed E-state index contributed by atoms with van der Waals surface area (Å²) in [5, 5.41) is 0. The maximum atomic E-state index is 2.49. The molecule has 0 radical (unpaired) electrons. The highest BCUT2D eigenvalue weighted by Crippen LogP contribution is 2.51. The van der Waals surface area contributed by atoms with Gasteiger partial charge in [0.2, 0.25) is 0 Å². The maximum absolute atomic E-state index is 2.49. The second-order valence-corrected chi connectivity index (χ2v) is 16.8. The number of anilines is 3. The first kappa shape index (κ1) is 33.9. The average molecular weight is 692 g/mol. The summed E-state index contributed by atoms with van der Waals surface area (Å²) in [7, 11) is 0. The van der Waals surface area contributed by atoms with Gasteiger partial charge in [0.05, 0.1) is 0 Å². The molecule has 0 aromatic heterocycles. The van der Waals surface area contributed by atoms with Crippen molar-refractivity contribution < 1.29 is 0 Å². The molecular weight excluding hydrogens is 639 g/mol. The third-order valence-corrected chi connectivity index (χ3v) is 12.9. The van der Waals surface area contributed by atoms with E-state index in [1.165, 1.54) is 142 Å². The van der Waals surface area contributed by atoms with Gasteiger partial charge in [-0.1, -0.05) is 143 Å². The quantitative estimate of drug-likeness (QED) is 0.161. The van der Waals surface area contributed by atoms with Gasteiger partial charge in [-0.3, -0.25) is 0 Å². The van der Waals surface area contributed by atoms with Crippen molar-refractivity contribution >= 4 is 17.1 Å². The van der Waals surface area contributed by atoms with Crippen molar-refractivity contribution in [3.05, 3.63) is 161 Å². The zero-order valence-electron chi connectivity index (χ0n) is 31.9. The number of nitrogens with zero attached hydrogens (tertiary/aromatic N) is 1. The molecule has 3 aliphatic rings. The molecule has 0 aliphatic heterocycles. The van der Waals surface area contributed by atoms with Crippen molar-refractivity contribution in [3.63, 3.8) is 0 Å². The van der Waals surface area contributed by atoms with Crippen LogP contribution in [0.4, 0.5) is 17.1 Å². The lowest BCUT2D eigenvalue weighted by Crippen LogP contribution is -2.16. The molecule has 53 heavy (non-hydrogen) atoms. The second-order valence-electron chi connectivity index (χ2n) is 16.8. The normalized spacial score (nSPS) is 17.0. The molecule has 2 saturated carbocycles. The molecule has 0 unspecified atom stereocenters. The molecule has 0 amide bonds. The van der Waals surface area contributed by atoms with Crippen LogP contribution in [0.15, 0.2) is 133 Å². The summed E-state index contributed by atoms with van der Waals surface area (Å²) in [6.07, 6.45) is 13.5. The van der Waals surface area contributed by atoms with Gasteiger partial charge >= 0.3 is 0 Å². The van der Waals surface area contributed by atoms with E-state index in [0.29, 0.717) is 5.92 Å². The molecule has 6 aromatic carbocycles. The fourth-order valence-electron chi connectivity index (χ4n) is 9.93. The summed E-state index contributed by atoms with van der Waals surface area (Å²) in [5.74, 6) is 1.42. The Balaban J connectivity index is 1.10. The number of aryl methyl sites for hydroxylation is 1. The van der Waals surface area contributed by atoms with Crippen LogP contribution in [0.25, 0.3) is 33.4 Å². The fourth-order valence-corrected chi connectivity index (χ4v) is 9.93. The van der Waals surface area contributed by atoms with Gasteiger partial charge in [0.1, 0.15) is 0 Å². The molecule has 266 valence electrons. The SMILES string of the molecule is Cc1cc(-c2cccc(-c3ccc(C4CCCCC4)cc3)c2)cc(N(c2ccc(C3CCCCC3)cc2)c2ccc3c(c2)C(C)(C)c2ccccc2-3)c1. The number of hydrogen-bond acceptors (Lipinski definition) is 1. The van der Waals surface area contributed by atoms with E-state index >= 15 is 0 Å². The molecule has 0 atom stereocenters. The van der Waals surface area contributed by atoms with E-state index in [1.54, 1.807) is 0 Å². The van der Waals surface area contributed by atoms with Crippen LogP contribution < -0.4 is 4.90 Å². The monoisotopic (exact) mass is 691 g/mol. The molecular formula is C52H53N. The van der Waals surface area contributed by atoms with Gasteiger partial charge in [0.25, 0.3) is 0 Å². The van der Waals surface area contributed by atoms with Crippen molar-refractivity contribution in [2.45, 2.75) is 102 Å². The molecule has 6 aromatic rings. The van der Waals surface area contributed by atoms with Gasteiger partial charge in [-0.25, -0.2) is 0 Å². The molecule has 0 saturated heterocycles. The van der Waals surface area contributed by atoms with Crippen molar-refractivity contribution in [3.8, 4) is 33.4 Å². The summed E-state index contributed by atoms with van der Waals surface area (Å²) in [5.41, 5.74) is 18.4. The summed E-state index contributed by atoms with van der Waals surface area (Å²) >= 11 is 0. The van der Waals surface area contributed by atoms with Crippen LogP contribution in [0.5, 0.6) is 0 Å². The molecule has 0 N–H and O–H groups in total. The molecule has 0 heterocycles. The Hall–Kier alpha value is -4.88. The first-order valence-electron chi connectivity index (χ1n) is 20.4. The topological polar surface area (TPSA) is 3.24 Å². The van der Waals surface area contributed by atoms with Crippen LogP contribution in [0, 0.1) is 6.92 Å². The lowest BCUT2D eigenvalue weighted by atomic mass is 9.82. The lowest BCUT2D eigenvalue weighted by molar-refractivity contribution is 0.443. The smallest absolute Gasteiger partial charge is 0.0470 e. The minimum absolute atomic E-state index is 0.0642. The summed E-state index contributed by atoms with van der Waals surface area (Å²) < 4.78 is 0. The van der Waals surface area contributed by atoms with E-state index in [4.69, 9.17) is 0 Å². The van der Waals surface area contributed by atoms with Gasteiger partial charge < -0.3 is 4.90 Å². The van der Waals surface area contributed by atoms with Crippen LogP contribution in [0.1, 0.15) is 118 Å².